The van der Waals surface area contributed by atoms with Crippen LogP contribution in [0.3, 0.4) is 0 Å². The third kappa shape index (κ3) is 8.23. The first-order valence-electron chi connectivity index (χ1n) is 13.0. The first-order chi connectivity index (χ1) is 19.2. The number of nitrogens with two attached hydrogens (primary N) is 1. The number of amides is 2. The van der Waals surface area contributed by atoms with Crippen LogP contribution in [0.5, 0.6) is 0 Å². The molecule has 4 atom stereocenters. The summed E-state index contributed by atoms with van der Waals surface area (Å²) < 4.78 is 60.2. The molecule has 0 aliphatic carbocycles. The van der Waals surface area contributed by atoms with E-state index in [0.717, 1.165) is 31.2 Å². The summed E-state index contributed by atoms with van der Waals surface area (Å²) in [4.78, 5) is 36.8. The quantitative estimate of drug-likeness (QED) is 0.405. The molecule has 4 rings (SSSR count). The highest BCUT2D eigenvalue weighted by Crippen LogP contribution is 2.43. The average molecular weight is 586 g/mol. The number of carbonyl (C=O) groups excluding carboxylic acids is 2. The minimum Gasteiger partial charge on any atom is -0.475 e. The number of alkyl halides is 3. The smallest absolute Gasteiger partial charge is 0.475 e. The van der Waals surface area contributed by atoms with Crippen molar-refractivity contribution in [2.45, 2.75) is 69.4 Å². The number of aliphatic hydroxyl groups excluding tert-OH is 1. The maximum Gasteiger partial charge on any atom is 0.490 e. The van der Waals surface area contributed by atoms with Crippen LogP contribution in [0.4, 0.5) is 22.0 Å². The number of primary amides is 1. The number of halogens is 5. The first-order valence-corrected chi connectivity index (χ1v) is 13.0. The molecule has 2 aliphatic heterocycles. The van der Waals surface area contributed by atoms with Gasteiger partial charge in [-0.15, -0.1) is 0 Å². The van der Waals surface area contributed by atoms with Gasteiger partial charge in [0.2, 0.25) is 5.91 Å². The molecule has 0 radical (unpaired) electrons. The normalized spacial score (nSPS) is 21.0. The van der Waals surface area contributed by atoms with Crippen molar-refractivity contribution in [3.05, 3.63) is 70.8 Å². The van der Waals surface area contributed by atoms with Gasteiger partial charge in [-0.05, 0) is 68.4 Å². The van der Waals surface area contributed by atoms with Crippen LogP contribution in [0.15, 0.2) is 42.5 Å². The zero-order chi connectivity index (χ0) is 30.5. The molecule has 13 heteroatoms. The summed E-state index contributed by atoms with van der Waals surface area (Å²) in [5, 5.41) is 17.0. The molecule has 1 unspecified atom stereocenters. The second-order valence-corrected chi connectivity index (χ2v) is 10.2. The molecule has 224 valence electrons. The number of fused-ring (bicyclic) bond motifs is 2. The standard InChI is InChI=1S/C26H31F2N3O3.C2HF3O2/c1-16(32)26(34)30(15-22-23(27)6-3-7-24(22)28)10-11-31-20-8-9-21(31)14-19(13-20)17-4-2-5-18(12-17)25(29)33;3-2(4,5)1(6)7/h2-7,12,16,19-21,32H,8-11,13-15H2,1H3,(H2,29,33);(H,6,7)/t16-,19?,20-,21+;/m0./s1. The molecule has 2 amide bonds. The summed E-state index contributed by atoms with van der Waals surface area (Å²) in [5.74, 6) is -4.82. The minimum atomic E-state index is -5.08. The third-order valence-electron chi connectivity index (χ3n) is 7.48. The maximum atomic E-state index is 14.2. The van der Waals surface area contributed by atoms with Crippen LogP contribution in [-0.4, -0.2) is 75.2 Å². The number of carboxylic acids is 1. The van der Waals surface area contributed by atoms with Crippen LogP contribution >= 0.6 is 0 Å². The number of hydrogen-bond acceptors (Lipinski definition) is 5. The van der Waals surface area contributed by atoms with E-state index >= 15 is 0 Å². The number of rotatable bonds is 8. The fourth-order valence-corrected chi connectivity index (χ4v) is 5.50. The van der Waals surface area contributed by atoms with Gasteiger partial charge in [0.15, 0.2) is 0 Å². The highest BCUT2D eigenvalue weighted by molar-refractivity contribution is 5.92. The molecule has 41 heavy (non-hydrogen) atoms. The number of carboxylic acid groups (broad SMARTS) is 1. The number of aliphatic hydroxyl groups is 1. The van der Waals surface area contributed by atoms with E-state index in [-0.39, 0.29) is 18.7 Å². The molecule has 2 aromatic rings. The Bertz CT molecular complexity index is 1220. The summed E-state index contributed by atoms with van der Waals surface area (Å²) >= 11 is 0. The SMILES string of the molecule is C[C@H](O)C(=O)N(CCN1[C@@H]2CC[C@H]1CC(c1cccc(C(N)=O)c1)C2)Cc1c(F)cccc1F.O=C(O)C(F)(F)F. The molecule has 2 fully saturated rings. The molecule has 2 saturated heterocycles. The predicted octanol–water partition coefficient (Wildman–Crippen LogP) is 3.82. The lowest BCUT2D eigenvalue weighted by Crippen LogP contribution is -2.48. The summed E-state index contributed by atoms with van der Waals surface area (Å²) in [5.41, 5.74) is 6.90. The van der Waals surface area contributed by atoms with E-state index in [9.17, 15) is 36.6 Å². The van der Waals surface area contributed by atoms with Gasteiger partial charge < -0.3 is 20.8 Å². The topological polar surface area (TPSA) is 124 Å². The minimum absolute atomic E-state index is 0.174. The molecule has 2 aliphatic rings. The van der Waals surface area contributed by atoms with Crippen LogP contribution in [0.2, 0.25) is 0 Å². The van der Waals surface area contributed by atoms with Gasteiger partial charge in [0.05, 0.1) is 6.54 Å². The van der Waals surface area contributed by atoms with Gasteiger partial charge >= 0.3 is 12.1 Å². The number of carbonyl (C=O) groups is 3. The Balaban J connectivity index is 0.000000587. The second-order valence-electron chi connectivity index (χ2n) is 10.2. The van der Waals surface area contributed by atoms with Gasteiger partial charge in [0.25, 0.3) is 5.91 Å². The van der Waals surface area contributed by atoms with Gasteiger partial charge in [-0.2, -0.15) is 13.2 Å². The maximum absolute atomic E-state index is 14.2. The van der Waals surface area contributed by atoms with E-state index in [0.29, 0.717) is 30.1 Å². The zero-order valence-electron chi connectivity index (χ0n) is 22.3. The second kappa shape index (κ2) is 13.4. The largest absolute Gasteiger partial charge is 0.490 e. The number of benzene rings is 2. The van der Waals surface area contributed by atoms with Crippen molar-refractivity contribution in [3.63, 3.8) is 0 Å². The number of aliphatic carboxylic acids is 1. The van der Waals surface area contributed by atoms with Gasteiger partial charge in [-0.3, -0.25) is 14.5 Å². The molecule has 2 heterocycles. The molecular formula is C28H32F5N3O5. The molecule has 2 aromatic carbocycles. The fourth-order valence-electron chi connectivity index (χ4n) is 5.50. The van der Waals surface area contributed by atoms with E-state index in [1.165, 1.54) is 30.0 Å². The Labute approximate surface area is 233 Å². The van der Waals surface area contributed by atoms with Crippen LogP contribution in [0.1, 0.15) is 60.0 Å². The highest BCUT2D eigenvalue weighted by Gasteiger charge is 2.41. The Morgan fingerprint density at radius 1 is 1.05 bits per heavy atom. The van der Waals surface area contributed by atoms with Crippen LogP contribution < -0.4 is 5.73 Å². The van der Waals surface area contributed by atoms with Crippen LogP contribution in [-0.2, 0) is 16.1 Å². The summed E-state index contributed by atoms with van der Waals surface area (Å²) in [6.07, 6.45) is -2.38. The summed E-state index contributed by atoms with van der Waals surface area (Å²) in [6.45, 7) is 1.97. The summed E-state index contributed by atoms with van der Waals surface area (Å²) in [7, 11) is 0. The number of nitrogens with zero attached hydrogens (tertiary/aromatic N) is 2. The molecule has 4 N–H and O–H groups in total. The zero-order valence-corrected chi connectivity index (χ0v) is 22.3. The lowest BCUT2D eigenvalue weighted by atomic mass is 9.84. The van der Waals surface area contributed by atoms with Crippen molar-refractivity contribution < 1.29 is 46.5 Å². The van der Waals surface area contributed by atoms with Crippen LogP contribution in [0.25, 0.3) is 0 Å². The molecule has 2 bridgehead atoms. The number of piperidine rings is 1. The van der Waals surface area contributed by atoms with Gasteiger partial charge in [0, 0.05) is 36.3 Å². The fraction of sp³-hybridized carbons (Fsp3) is 0.464. The van der Waals surface area contributed by atoms with Crippen molar-refractivity contribution in [2.24, 2.45) is 5.73 Å². The van der Waals surface area contributed by atoms with E-state index in [1.807, 2.05) is 18.2 Å². The van der Waals surface area contributed by atoms with Crippen LogP contribution in [0, 0.1) is 11.6 Å². The highest BCUT2D eigenvalue weighted by atomic mass is 19.4. The van der Waals surface area contributed by atoms with Gasteiger partial charge in [-0.1, -0.05) is 18.2 Å². The Morgan fingerprint density at radius 2 is 1.59 bits per heavy atom. The summed E-state index contributed by atoms with van der Waals surface area (Å²) in [6, 6.07) is 11.8. The Kier molecular flexibility index (Phi) is 10.4. The molecular weight excluding hydrogens is 553 g/mol. The third-order valence-corrected chi connectivity index (χ3v) is 7.48. The molecule has 0 saturated carbocycles. The monoisotopic (exact) mass is 585 g/mol. The first kappa shape index (κ1) is 31.9. The van der Waals surface area contributed by atoms with Crippen molar-refractivity contribution in [1.82, 2.24) is 9.80 Å². The van der Waals surface area contributed by atoms with Crippen molar-refractivity contribution in [1.29, 1.82) is 0 Å². The number of hydrogen-bond donors (Lipinski definition) is 3. The predicted molar refractivity (Wildman–Crippen MR) is 138 cm³/mol. The van der Waals surface area contributed by atoms with Gasteiger partial charge in [0.1, 0.15) is 17.7 Å². The van der Waals surface area contributed by atoms with Crippen molar-refractivity contribution in [2.75, 3.05) is 13.1 Å². The average Bonchev–Trinajstić information content (AvgIpc) is 3.13. The van der Waals surface area contributed by atoms with Crippen molar-refractivity contribution in [3.8, 4) is 0 Å². The molecule has 0 spiro atoms. The lowest BCUT2D eigenvalue weighted by molar-refractivity contribution is -0.192. The molecule has 0 aromatic heterocycles. The van der Waals surface area contributed by atoms with Gasteiger partial charge in [-0.25, -0.2) is 13.6 Å². The molecule has 8 nitrogen and oxygen atoms in total. The van der Waals surface area contributed by atoms with E-state index in [1.54, 1.807) is 6.07 Å². The Hall–Kier alpha value is -3.58. The Morgan fingerprint density at radius 3 is 2.07 bits per heavy atom. The van der Waals surface area contributed by atoms with Crippen molar-refractivity contribution >= 4 is 17.8 Å². The lowest BCUT2D eigenvalue weighted by Gasteiger charge is -2.40. The van der Waals surface area contributed by atoms with E-state index in [2.05, 4.69) is 4.90 Å². The van der Waals surface area contributed by atoms with E-state index in [4.69, 9.17) is 15.6 Å². The van der Waals surface area contributed by atoms with E-state index < -0.39 is 41.7 Å².